The molecule has 0 aromatic carbocycles. The maximum atomic E-state index is 12.9. The zero-order chi connectivity index (χ0) is 21.4. The number of piperidine rings is 1. The number of nitrogens with zero attached hydrogens (tertiary/aromatic N) is 5. The first-order valence-electron chi connectivity index (χ1n) is 11.4. The molecule has 1 aromatic heterocycles. The third kappa shape index (κ3) is 4.75. The smallest absolute Gasteiger partial charge is 0.262 e. The first-order valence-corrected chi connectivity index (χ1v) is 12.8. The van der Waals surface area contributed by atoms with E-state index in [1.54, 1.807) is 22.1 Å². The molecule has 1 unspecified atom stereocenters. The molecule has 3 aliphatic rings. The molecule has 0 aliphatic carbocycles. The molecule has 3 saturated heterocycles. The maximum Gasteiger partial charge on any atom is 0.262 e. The van der Waals surface area contributed by atoms with Crippen molar-refractivity contribution in [3.8, 4) is 0 Å². The van der Waals surface area contributed by atoms with Crippen molar-refractivity contribution < 1.29 is 13.2 Å². The monoisotopic (exact) mass is 439 g/mol. The fourth-order valence-corrected chi connectivity index (χ4v) is 6.69. The lowest BCUT2D eigenvalue weighted by atomic mass is 9.82. The van der Waals surface area contributed by atoms with Gasteiger partial charge in [-0.25, -0.2) is 13.4 Å². The highest BCUT2D eigenvalue weighted by Gasteiger charge is 2.44. The van der Waals surface area contributed by atoms with Gasteiger partial charge in [0.15, 0.2) is 5.03 Å². The normalized spacial score (nSPS) is 27.1. The fraction of sp³-hybridized carbons (Fsp3) is 0.857. The average Bonchev–Trinajstić information content (AvgIpc) is 3.16. The van der Waals surface area contributed by atoms with Gasteiger partial charge in [-0.05, 0) is 31.6 Å². The van der Waals surface area contributed by atoms with Crippen LogP contribution in [0.5, 0.6) is 0 Å². The molecule has 1 aromatic rings. The molecule has 0 saturated carbocycles. The minimum Gasteiger partial charge on any atom is -0.375 e. The molecule has 30 heavy (non-hydrogen) atoms. The Morgan fingerprint density at radius 2 is 1.87 bits per heavy atom. The van der Waals surface area contributed by atoms with Gasteiger partial charge in [-0.15, -0.1) is 0 Å². The summed E-state index contributed by atoms with van der Waals surface area (Å²) in [5.74, 6) is 0.718. The van der Waals surface area contributed by atoms with Crippen LogP contribution < -0.4 is 0 Å². The molecule has 0 radical (unpaired) electrons. The van der Waals surface area contributed by atoms with E-state index >= 15 is 0 Å². The van der Waals surface area contributed by atoms with Gasteiger partial charge < -0.3 is 14.2 Å². The van der Waals surface area contributed by atoms with E-state index < -0.39 is 10.0 Å². The Balaban J connectivity index is 1.33. The highest BCUT2D eigenvalue weighted by molar-refractivity contribution is 7.89. The minimum absolute atomic E-state index is 0.141. The topological polar surface area (TPSA) is 70.9 Å². The van der Waals surface area contributed by atoms with Crippen LogP contribution >= 0.6 is 0 Å². The van der Waals surface area contributed by atoms with E-state index in [0.29, 0.717) is 19.1 Å². The van der Waals surface area contributed by atoms with E-state index in [2.05, 4.69) is 28.6 Å². The van der Waals surface area contributed by atoms with E-state index in [4.69, 9.17) is 4.74 Å². The molecule has 3 aliphatic heterocycles. The molecule has 3 fully saturated rings. The summed E-state index contributed by atoms with van der Waals surface area (Å²) < 4.78 is 35.3. The highest BCUT2D eigenvalue weighted by Crippen LogP contribution is 2.38. The summed E-state index contributed by atoms with van der Waals surface area (Å²) in [5, 5.41) is 0.141. The third-order valence-corrected chi connectivity index (χ3v) is 8.72. The van der Waals surface area contributed by atoms with Gasteiger partial charge in [0.2, 0.25) is 0 Å². The van der Waals surface area contributed by atoms with Gasteiger partial charge >= 0.3 is 0 Å². The van der Waals surface area contributed by atoms with Gasteiger partial charge in [0.05, 0.1) is 11.9 Å². The van der Waals surface area contributed by atoms with Gasteiger partial charge in [0.1, 0.15) is 0 Å². The Morgan fingerprint density at radius 1 is 1.17 bits per heavy atom. The number of hydrogen-bond acceptors (Lipinski definition) is 6. The maximum absolute atomic E-state index is 12.9. The van der Waals surface area contributed by atoms with Gasteiger partial charge in [-0.3, -0.25) is 4.90 Å². The predicted octanol–water partition coefficient (Wildman–Crippen LogP) is 1.40. The predicted molar refractivity (Wildman–Crippen MR) is 116 cm³/mol. The highest BCUT2D eigenvalue weighted by atomic mass is 32.2. The Kier molecular flexibility index (Phi) is 6.56. The number of imidazole rings is 1. The van der Waals surface area contributed by atoms with Crippen LogP contribution in [0.1, 0.15) is 39.5 Å². The Labute approximate surface area is 181 Å². The lowest BCUT2D eigenvalue weighted by Crippen LogP contribution is -2.57. The molecule has 1 atom stereocenters. The quantitative estimate of drug-likeness (QED) is 0.691. The summed E-state index contributed by atoms with van der Waals surface area (Å²) in [4.78, 5) is 9.29. The average molecular weight is 440 g/mol. The van der Waals surface area contributed by atoms with E-state index in [9.17, 15) is 8.42 Å². The Bertz CT molecular complexity index is 808. The van der Waals surface area contributed by atoms with Crippen LogP contribution in [0.4, 0.5) is 0 Å². The van der Waals surface area contributed by atoms with Crippen LogP contribution in [0, 0.1) is 5.92 Å². The molecular formula is C21H37N5O3S. The molecule has 1 spiro atoms. The summed E-state index contributed by atoms with van der Waals surface area (Å²) in [7, 11) is -1.73. The first-order chi connectivity index (χ1) is 14.3. The molecule has 0 amide bonds. The molecule has 4 rings (SSSR count). The van der Waals surface area contributed by atoms with Crippen molar-refractivity contribution in [3.63, 3.8) is 0 Å². The van der Waals surface area contributed by atoms with Crippen molar-refractivity contribution in [2.75, 3.05) is 52.4 Å². The van der Waals surface area contributed by atoms with E-state index in [0.717, 1.165) is 64.4 Å². The number of piperazine rings is 1. The molecule has 0 N–H and O–H groups in total. The van der Waals surface area contributed by atoms with Crippen LogP contribution in [0.15, 0.2) is 17.6 Å². The van der Waals surface area contributed by atoms with Crippen molar-refractivity contribution in [3.05, 3.63) is 12.5 Å². The largest absolute Gasteiger partial charge is 0.375 e. The number of ether oxygens (including phenoxy) is 1. The van der Waals surface area contributed by atoms with E-state index in [1.165, 1.54) is 12.9 Å². The second kappa shape index (κ2) is 8.86. The SMILES string of the molecule is CC(C)CN1CCN(C2CCOC3(CCN(S(=O)(=O)c4cn(C)cn4)CC3)C2)CC1. The van der Waals surface area contributed by atoms with E-state index in [-0.39, 0.29) is 10.6 Å². The molecule has 9 heteroatoms. The number of aryl methyl sites for hydroxylation is 1. The van der Waals surface area contributed by atoms with Gasteiger partial charge in [0, 0.05) is 71.7 Å². The standard InChI is InChI=1S/C21H37N5O3S/c1-18(2)15-24-9-11-25(12-10-24)19-4-13-29-21(14-19)5-7-26(8-6-21)30(27,28)20-16-23(3)17-22-20/h16-19H,4-15H2,1-3H3. The number of aromatic nitrogens is 2. The molecular weight excluding hydrogens is 402 g/mol. The molecule has 4 heterocycles. The summed E-state index contributed by atoms with van der Waals surface area (Å²) >= 11 is 0. The van der Waals surface area contributed by atoms with Crippen LogP contribution in [0.2, 0.25) is 0 Å². The zero-order valence-corrected chi connectivity index (χ0v) is 19.5. The van der Waals surface area contributed by atoms with Crippen molar-refractivity contribution in [2.45, 2.75) is 56.2 Å². The van der Waals surface area contributed by atoms with Gasteiger partial charge in [0.25, 0.3) is 10.0 Å². The van der Waals surface area contributed by atoms with Crippen LogP contribution in [0.3, 0.4) is 0 Å². The molecule has 170 valence electrons. The summed E-state index contributed by atoms with van der Waals surface area (Å²) in [6.45, 7) is 12.1. The second-order valence-corrected chi connectivity index (χ2v) is 11.6. The molecule has 0 bridgehead atoms. The second-order valence-electron chi connectivity index (χ2n) is 9.69. The van der Waals surface area contributed by atoms with Crippen LogP contribution in [-0.2, 0) is 21.8 Å². The molecule has 8 nitrogen and oxygen atoms in total. The Hall–Kier alpha value is -1.00. The minimum atomic E-state index is -3.52. The van der Waals surface area contributed by atoms with Crippen molar-refractivity contribution in [2.24, 2.45) is 13.0 Å². The van der Waals surface area contributed by atoms with Crippen molar-refractivity contribution in [1.82, 2.24) is 23.7 Å². The lowest BCUT2D eigenvalue weighted by Gasteiger charge is -2.49. The number of rotatable bonds is 5. The van der Waals surface area contributed by atoms with Crippen LogP contribution in [-0.4, -0.2) is 96.1 Å². The number of sulfonamides is 1. The van der Waals surface area contributed by atoms with Gasteiger partial charge in [-0.2, -0.15) is 4.31 Å². The van der Waals surface area contributed by atoms with E-state index in [1.807, 2.05) is 0 Å². The number of hydrogen-bond donors (Lipinski definition) is 0. The fourth-order valence-electron chi connectivity index (χ4n) is 5.28. The Morgan fingerprint density at radius 3 is 2.47 bits per heavy atom. The van der Waals surface area contributed by atoms with Crippen molar-refractivity contribution in [1.29, 1.82) is 0 Å². The third-order valence-electron chi connectivity index (χ3n) is 6.93. The van der Waals surface area contributed by atoms with Crippen LogP contribution in [0.25, 0.3) is 0 Å². The summed E-state index contributed by atoms with van der Waals surface area (Å²) in [6, 6.07) is 0.555. The summed E-state index contributed by atoms with van der Waals surface area (Å²) in [5.41, 5.74) is -0.173. The van der Waals surface area contributed by atoms with Crippen molar-refractivity contribution >= 4 is 10.0 Å². The zero-order valence-electron chi connectivity index (χ0n) is 18.7. The first kappa shape index (κ1) is 22.2. The van der Waals surface area contributed by atoms with Gasteiger partial charge in [-0.1, -0.05) is 13.8 Å². The summed E-state index contributed by atoms with van der Waals surface area (Å²) in [6.07, 6.45) is 6.75. The lowest BCUT2D eigenvalue weighted by molar-refractivity contribution is -0.130.